The molecule has 0 radical (unpaired) electrons. The molecule has 0 unspecified atom stereocenters. The van der Waals surface area contributed by atoms with Gasteiger partial charge in [0.25, 0.3) is 11.8 Å². The van der Waals surface area contributed by atoms with E-state index in [1.807, 2.05) is 72.8 Å². The predicted octanol–water partition coefficient (Wildman–Crippen LogP) is 9.38. The smallest absolute Gasteiger partial charge is 0.256 e. The van der Waals surface area contributed by atoms with Gasteiger partial charge in [-0.1, -0.05) is 48.5 Å². The minimum absolute atomic E-state index is 0.168. The highest BCUT2D eigenvalue weighted by molar-refractivity contribution is 7.20. The first-order chi connectivity index (χ1) is 30.8. The molecule has 0 atom stereocenters. The van der Waals surface area contributed by atoms with E-state index in [2.05, 4.69) is 32.0 Å². The van der Waals surface area contributed by atoms with Crippen molar-refractivity contribution in [2.75, 3.05) is 39.1 Å². The molecule has 15 heteroatoms. The molecule has 0 saturated heterocycles. The summed E-state index contributed by atoms with van der Waals surface area (Å²) in [6.07, 6.45) is 4.14. The molecule has 0 aliphatic carbocycles. The summed E-state index contributed by atoms with van der Waals surface area (Å²) in [5, 5.41) is 10.9. The van der Waals surface area contributed by atoms with Crippen LogP contribution < -0.4 is 40.6 Å². The molecular weight excluding hydrogens is 837 g/mol. The molecule has 8 aromatic rings. The number of aromatic nitrogens is 2. The van der Waals surface area contributed by atoms with Crippen LogP contribution in [0, 0.1) is 0 Å². The number of nitrogens with zero attached hydrogens (tertiary/aromatic N) is 2. The number of nitrogens with two attached hydrogens (primary N) is 1. The molecule has 4 aromatic carbocycles. The van der Waals surface area contributed by atoms with Crippen molar-refractivity contribution < 1.29 is 33.3 Å². The lowest BCUT2D eigenvalue weighted by atomic mass is 10.2. The lowest BCUT2D eigenvalue weighted by Crippen LogP contribution is -2.13. The number of rotatable bonds is 14. The van der Waals surface area contributed by atoms with Gasteiger partial charge in [0.05, 0.1) is 33.3 Å². The molecule has 0 saturated carbocycles. The summed E-state index contributed by atoms with van der Waals surface area (Å²) in [6, 6.07) is 37.1. The quantitative estimate of drug-likeness (QED) is 0.0766. The van der Waals surface area contributed by atoms with E-state index in [1.54, 1.807) is 94.6 Å². The van der Waals surface area contributed by atoms with E-state index in [0.29, 0.717) is 47.3 Å². The third-order valence-corrected chi connectivity index (χ3v) is 11.6. The first kappa shape index (κ1) is 45.4. The highest BCUT2D eigenvalue weighted by atomic mass is 32.1. The molecule has 13 nitrogen and oxygen atoms in total. The number of hydrogen-bond acceptors (Lipinski definition) is 13. The summed E-state index contributed by atoms with van der Waals surface area (Å²) < 4.78 is 22.9. The van der Waals surface area contributed by atoms with Crippen LogP contribution >= 0.6 is 22.7 Å². The van der Waals surface area contributed by atoms with E-state index in [4.69, 9.17) is 24.7 Å². The Balaban J connectivity index is 0.000000176. The Bertz CT molecular complexity index is 2780. The maximum absolute atomic E-state index is 12.5. The first-order valence-corrected chi connectivity index (χ1v) is 21.2. The molecule has 63 heavy (non-hydrogen) atoms. The third-order valence-electron chi connectivity index (χ3n) is 9.44. The lowest BCUT2D eigenvalue weighted by molar-refractivity contribution is 0.101. The molecule has 0 spiro atoms. The third kappa shape index (κ3) is 12.0. The van der Waals surface area contributed by atoms with Crippen LogP contribution in [0.3, 0.4) is 0 Å². The zero-order valence-corrected chi connectivity index (χ0v) is 36.7. The molecule has 4 heterocycles. The van der Waals surface area contributed by atoms with Crippen molar-refractivity contribution in [3.05, 3.63) is 166 Å². The zero-order chi connectivity index (χ0) is 44.6. The largest absolute Gasteiger partial charge is 0.497 e. The van der Waals surface area contributed by atoms with Crippen molar-refractivity contribution in [3.8, 4) is 23.0 Å². The molecule has 5 N–H and O–H groups in total. The average molecular weight is 883 g/mol. The van der Waals surface area contributed by atoms with Gasteiger partial charge in [-0.2, -0.15) is 0 Å². The summed E-state index contributed by atoms with van der Waals surface area (Å²) in [7, 11) is 6.53. The van der Waals surface area contributed by atoms with Gasteiger partial charge in [-0.25, -0.2) is 9.97 Å². The maximum atomic E-state index is 12.5. The molecule has 322 valence electrons. The number of aldehydes is 1. The van der Waals surface area contributed by atoms with Crippen LogP contribution in [0.25, 0.3) is 20.2 Å². The Morgan fingerprint density at radius 3 is 1.62 bits per heavy atom. The van der Waals surface area contributed by atoms with E-state index in [0.717, 1.165) is 65.5 Å². The number of pyridine rings is 2. The van der Waals surface area contributed by atoms with E-state index >= 15 is 0 Å². The first-order valence-electron chi connectivity index (χ1n) is 19.5. The fraction of sp³-hybridized carbons (Fsp3) is 0.146. The Kier molecular flexibility index (Phi) is 16.3. The summed E-state index contributed by atoms with van der Waals surface area (Å²) in [6.45, 7) is 1.84. The highest BCUT2D eigenvalue weighted by Gasteiger charge is 2.14. The van der Waals surface area contributed by atoms with Crippen molar-refractivity contribution in [2.24, 2.45) is 5.73 Å². The van der Waals surface area contributed by atoms with Crippen LogP contribution in [0.4, 0.5) is 11.6 Å². The molecule has 8 rings (SSSR count). The van der Waals surface area contributed by atoms with Crippen LogP contribution in [-0.2, 0) is 19.6 Å². The van der Waals surface area contributed by atoms with Crippen molar-refractivity contribution in [2.45, 2.75) is 19.6 Å². The second-order valence-electron chi connectivity index (χ2n) is 13.4. The van der Waals surface area contributed by atoms with Gasteiger partial charge in [0.1, 0.15) is 34.6 Å². The fourth-order valence-electron chi connectivity index (χ4n) is 6.22. The van der Waals surface area contributed by atoms with E-state index in [9.17, 15) is 14.4 Å². The number of fused-ring (bicyclic) bond motifs is 2. The number of hydrogen-bond donors (Lipinski definition) is 4. The van der Waals surface area contributed by atoms with Gasteiger partial charge in [0, 0.05) is 91.5 Å². The zero-order valence-electron chi connectivity index (χ0n) is 35.0. The summed E-state index contributed by atoms with van der Waals surface area (Å²) in [5.74, 6) is 3.77. The molecular formula is C48H46N6O7S2. The van der Waals surface area contributed by atoms with Crippen LogP contribution in [0.2, 0.25) is 0 Å². The topological polar surface area (TPSA) is 176 Å². The number of amides is 2. The standard InChI is InChI=1S/C24H23N3O3S.C15H10N2O2S.C9H13NO2/c1-29-18-9-8-17(21(12-18)30-2)14-25-15-19-13-20-22(31-19)10-11-26-23(20)27-24(28)16-6-4-3-5-7-16;18-9-11-8-12-13(20-11)6-7-16-14(12)17-15(19)10-4-2-1-3-5-10;1-11-8-4-3-7(6-10)9(5-8)12-2/h3-13,25H,14-15H2,1-2H3,(H,26,27,28);1-9H,(H,16,17,19);3-5H,6,10H2,1-2H3. The van der Waals surface area contributed by atoms with Crippen LogP contribution in [0.1, 0.15) is 46.4 Å². The van der Waals surface area contributed by atoms with Crippen LogP contribution in [0.5, 0.6) is 23.0 Å². The number of methoxy groups -OCH3 is 4. The molecule has 4 aromatic heterocycles. The van der Waals surface area contributed by atoms with E-state index in [-0.39, 0.29) is 11.8 Å². The van der Waals surface area contributed by atoms with E-state index < -0.39 is 0 Å². The van der Waals surface area contributed by atoms with Crippen molar-refractivity contribution >= 4 is 72.6 Å². The Labute approximate surface area is 372 Å². The normalized spacial score (nSPS) is 10.4. The summed E-state index contributed by atoms with van der Waals surface area (Å²) in [4.78, 5) is 45.8. The number of nitrogens with one attached hydrogen (secondary N) is 3. The molecule has 0 aliphatic heterocycles. The van der Waals surface area contributed by atoms with E-state index in [1.165, 1.54) is 11.3 Å². The van der Waals surface area contributed by atoms with Gasteiger partial charge < -0.3 is 40.6 Å². The van der Waals surface area contributed by atoms with Crippen LogP contribution in [0.15, 0.2) is 134 Å². The summed E-state index contributed by atoms with van der Waals surface area (Å²) in [5.41, 5.74) is 8.71. The van der Waals surface area contributed by atoms with Gasteiger partial charge in [-0.05, 0) is 60.7 Å². The number of ether oxygens (including phenoxy) is 4. The Morgan fingerprint density at radius 1 is 0.603 bits per heavy atom. The van der Waals surface area contributed by atoms with Gasteiger partial charge in [-0.15, -0.1) is 22.7 Å². The number of carbonyl (C=O) groups is 3. The Morgan fingerprint density at radius 2 is 1.11 bits per heavy atom. The maximum Gasteiger partial charge on any atom is 0.256 e. The summed E-state index contributed by atoms with van der Waals surface area (Å²) >= 11 is 3.06. The minimum atomic E-state index is -0.218. The van der Waals surface area contributed by atoms with Crippen molar-refractivity contribution in [1.82, 2.24) is 15.3 Å². The van der Waals surface area contributed by atoms with Gasteiger partial charge in [-0.3, -0.25) is 14.4 Å². The molecule has 2 amide bonds. The lowest BCUT2D eigenvalue weighted by Gasteiger charge is -2.10. The number of anilines is 2. The van der Waals surface area contributed by atoms with Crippen LogP contribution in [-0.4, -0.2) is 56.5 Å². The van der Waals surface area contributed by atoms with Gasteiger partial charge in [0.15, 0.2) is 6.29 Å². The minimum Gasteiger partial charge on any atom is -0.497 e. The number of carbonyl (C=O) groups excluding carboxylic acids is 3. The van der Waals surface area contributed by atoms with Crippen molar-refractivity contribution in [1.29, 1.82) is 0 Å². The number of benzene rings is 4. The predicted molar refractivity (Wildman–Crippen MR) is 251 cm³/mol. The average Bonchev–Trinajstić information content (AvgIpc) is 3.97. The Hall–Kier alpha value is -7.17. The van der Waals surface area contributed by atoms with Gasteiger partial charge >= 0.3 is 0 Å². The second-order valence-corrected chi connectivity index (χ2v) is 15.7. The molecule has 0 aliphatic rings. The monoisotopic (exact) mass is 882 g/mol. The number of thiophene rings is 2. The van der Waals surface area contributed by atoms with Crippen molar-refractivity contribution in [3.63, 3.8) is 0 Å². The molecule has 0 bridgehead atoms. The highest BCUT2D eigenvalue weighted by Crippen LogP contribution is 2.32. The SMILES string of the molecule is COc1ccc(CN)c(OC)c1.COc1ccc(CNCc2cc3c(NC(=O)c4ccccc4)nccc3s2)c(OC)c1.O=Cc1cc2c(NC(=O)c3ccccc3)nccc2s1. The van der Waals surface area contributed by atoms with Gasteiger partial charge in [0.2, 0.25) is 0 Å². The fourth-order valence-corrected chi connectivity index (χ4v) is 8.12. The molecule has 0 fully saturated rings. The second kappa shape index (κ2) is 22.6.